The Morgan fingerprint density at radius 1 is 1.09 bits per heavy atom. The van der Waals surface area contributed by atoms with Gasteiger partial charge in [0.2, 0.25) is 0 Å². The molecule has 0 radical (unpaired) electrons. The van der Waals surface area contributed by atoms with E-state index in [2.05, 4.69) is 16.7 Å². The van der Waals surface area contributed by atoms with Crippen molar-refractivity contribution in [3.05, 3.63) is 23.5 Å². The zero-order valence-electron chi connectivity index (χ0n) is 6.71. The van der Waals surface area contributed by atoms with E-state index in [4.69, 9.17) is 0 Å². The second-order valence-electron chi connectivity index (χ2n) is 3.77. The van der Waals surface area contributed by atoms with Crippen LogP contribution in [-0.4, -0.2) is 4.57 Å². The predicted molar refractivity (Wildman–Crippen MR) is 44.7 cm³/mol. The molecule has 0 amide bonds. The molecule has 0 aliphatic carbocycles. The number of nitrogens with zero attached hydrogens (tertiary/aromatic N) is 1. The lowest BCUT2D eigenvalue weighted by atomic mass is 10.0. The Hall–Kier alpha value is -0.720. The summed E-state index contributed by atoms with van der Waals surface area (Å²) >= 11 is 0. The molecule has 0 saturated heterocycles. The van der Waals surface area contributed by atoms with E-state index in [1.165, 1.54) is 32.1 Å². The molecule has 0 saturated carbocycles. The van der Waals surface area contributed by atoms with Gasteiger partial charge in [-0.2, -0.15) is 0 Å². The third-order valence-corrected chi connectivity index (χ3v) is 3.16. The maximum atomic E-state index is 2.59. The molecule has 2 aliphatic heterocycles. The average Bonchev–Trinajstić information content (AvgIpc) is 2.60. The summed E-state index contributed by atoms with van der Waals surface area (Å²) in [6.07, 6.45) is 6.88. The molecule has 1 heteroatoms. The molecule has 0 fully saturated rings. The fourth-order valence-corrected chi connectivity index (χ4v) is 2.65. The maximum absolute atomic E-state index is 2.59. The van der Waals surface area contributed by atoms with Gasteiger partial charge in [-0.3, -0.25) is 0 Å². The van der Waals surface area contributed by atoms with Crippen LogP contribution in [0.4, 0.5) is 0 Å². The molecule has 1 atom stereocenters. The summed E-state index contributed by atoms with van der Waals surface area (Å²) in [7, 11) is 0. The van der Waals surface area contributed by atoms with Crippen LogP contribution in [-0.2, 0) is 12.8 Å². The Labute approximate surface area is 67.0 Å². The van der Waals surface area contributed by atoms with E-state index in [-0.39, 0.29) is 0 Å². The van der Waals surface area contributed by atoms with Crippen LogP contribution in [0.2, 0.25) is 0 Å². The number of hydrogen-bond acceptors (Lipinski definition) is 0. The monoisotopic (exact) mass is 147 g/mol. The zero-order chi connectivity index (χ0) is 7.26. The van der Waals surface area contributed by atoms with Crippen molar-refractivity contribution in [2.75, 3.05) is 0 Å². The van der Waals surface area contributed by atoms with Crippen molar-refractivity contribution < 1.29 is 0 Å². The highest BCUT2D eigenvalue weighted by molar-refractivity contribution is 5.22. The predicted octanol–water partition coefficient (Wildman–Crippen LogP) is 2.31. The third kappa shape index (κ3) is 0.661. The summed E-state index contributed by atoms with van der Waals surface area (Å²) < 4.78 is 2.59. The fraction of sp³-hybridized carbons (Fsp3) is 0.600. The molecule has 11 heavy (non-hydrogen) atoms. The molecule has 2 aliphatic rings. The van der Waals surface area contributed by atoms with Crippen LogP contribution in [0.1, 0.15) is 36.7 Å². The maximum Gasteiger partial charge on any atom is 0.0339 e. The standard InChI is InChI=1S/C10H13N/c1-2-8-4-6-10-7-5-9(3-1)11(8)10/h4,6,9H,1-3,5,7H2/t9-/m1/s1. The summed E-state index contributed by atoms with van der Waals surface area (Å²) in [5.74, 6) is 0. The van der Waals surface area contributed by atoms with Crippen LogP contribution >= 0.6 is 0 Å². The Balaban J connectivity index is 2.21. The molecule has 0 bridgehead atoms. The van der Waals surface area contributed by atoms with E-state index in [9.17, 15) is 0 Å². The largest absolute Gasteiger partial charge is 0.346 e. The van der Waals surface area contributed by atoms with Crippen molar-refractivity contribution in [1.29, 1.82) is 0 Å². The molecule has 0 aromatic carbocycles. The van der Waals surface area contributed by atoms with Gasteiger partial charge in [0.1, 0.15) is 0 Å². The van der Waals surface area contributed by atoms with Crippen molar-refractivity contribution in [3.8, 4) is 0 Å². The summed E-state index contributed by atoms with van der Waals surface area (Å²) in [5, 5.41) is 0. The van der Waals surface area contributed by atoms with E-state index in [1.54, 1.807) is 11.4 Å². The van der Waals surface area contributed by atoms with Gasteiger partial charge in [0.05, 0.1) is 0 Å². The lowest BCUT2D eigenvalue weighted by Crippen LogP contribution is -2.13. The minimum absolute atomic E-state index is 0.878. The van der Waals surface area contributed by atoms with Gasteiger partial charge >= 0.3 is 0 Å². The highest BCUT2D eigenvalue weighted by atomic mass is 15.1. The number of aromatic nitrogens is 1. The molecule has 1 aromatic heterocycles. The summed E-state index contributed by atoms with van der Waals surface area (Å²) in [4.78, 5) is 0. The minimum Gasteiger partial charge on any atom is -0.346 e. The lowest BCUT2D eigenvalue weighted by molar-refractivity contribution is 0.421. The third-order valence-electron chi connectivity index (χ3n) is 3.16. The first kappa shape index (κ1) is 5.87. The van der Waals surface area contributed by atoms with Gasteiger partial charge in [0.25, 0.3) is 0 Å². The van der Waals surface area contributed by atoms with Crippen LogP contribution in [0.3, 0.4) is 0 Å². The molecule has 0 N–H and O–H groups in total. The molecule has 58 valence electrons. The first-order valence-corrected chi connectivity index (χ1v) is 4.64. The van der Waals surface area contributed by atoms with Crippen LogP contribution in [0.15, 0.2) is 12.1 Å². The van der Waals surface area contributed by atoms with Crippen LogP contribution in [0.25, 0.3) is 0 Å². The first-order valence-electron chi connectivity index (χ1n) is 4.64. The fourth-order valence-electron chi connectivity index (χ4n) is 2.65. The molecule has 1 aromatic rings. The first-order chi connectivity index (χ1) is 5.45. The smallest absolute Gasteiger partial charge is 0.0339 e. The van der Waals surface area contributed by atoms with Gasteiger partial charge in [-0.05, 0) is 44.2 Å². The van der Waals surface area contributed by atoms with Gasteiger partial charge in [0, 0.05) is 17.4 Å². The van der Waals surface area contributed by atoms with Crippen LogP contribution < -0.4 is 0 Å². The number of aryl methyl sites for hydroxylation is 2. The van der Waals surface area contributed by atoms with Crippen molar-refractivity contribution in [2.24, 2.45) is 0 Å². The topological polar surface area (TPSA) is 4.93 Å². The Kier molecular flexibility index (Phi) is 1.02. The minimum atomic E-state index is 0.878. The zero-order valence-corrected chi connectivity index (χ0v) is 6.71. The van der Waals surface area contributed by atoms with Crippen molar-refractivity contribution in [1.82, 2.24) is 4.57 Å². The summed E-state index contributed by atoms with van der Waals surface area (Å²) in [6.45, 7) is 0. The van der Waals surface area contributed by atoms with Crippen molar-refractivity contribution >= 4 is 0 Å². The highest BCUT2D eigenvalue weighted by Crippen LogP contribution is 2.36. The summed E-state index contributed by atoms with van der Waals surface area (Å²) in [5.41, 5.74) is 3.18. The lowest BCUT2D eigenvalue weighted by Gasteiger charge is -2.22. The van der Waals surface area contributed by atoms with Crippen LogP contribution in [0, 0.1) is 0 Å². The normalized spacial score (nSPS) is 27.1. The molecule has 1 nitrogen and oxygen atoms in total. The molecular formula is C10H13N. The second kappa shape index (κ2) is 1.90. The molecular weight excluding hydrogens is 134 g/mol. The summed E-state index contributed by atoms with van der Waals surface area (Å²) in [6, 6.07) is 5.52. The van der Waals surface area contributed by atoms with Gasteiger partial charge in [-0.1, -0.05) is 0 Å². The second-order valence-corrected chi connectivity index (χ2v) is 3.77. The van der Waals surface area contributed by atoms with Gasteiger partial charge < -0.3 is 4.57 Å². The quantitative estimate of drug-likeness (QED) is 0.530. The Bertz CT molecular complexity index is 285. The molecule has 3 rings (SSSR count). The molecule has 0 unspecified atom stereocenters. The van der Waals surface area contributed by atoms with Crippen molar-refractivity contribution in [3.63, 3.8) is 0 Å². The van der Waals surface area contributed by atoms with E-state index < -0.39 is 0 Å². The van der Waals surface area contributed by atoms with Crippen molar-refractivity contribution in [2.45, 2.75) is 38.1 Å². The van der Waals surface area contributed by atoms with Crippen LogP contribution in [0.5, 0.6) is 0 Å². The van der Waals surface area contributed by atoms with E-state index in [0.717, 1.165) is 6.04 Å². The van der Waals surface area contributed by atoms with Gasteiger partial charge in [0.15, 0.2) is 0 Å². The SMILES string of the molecule is c1cc2n3c1CCC[C@@H]3CC2. The average molecular weight is 147 g/mol. The van der Waals surface area contributed by atoms with E-state index in [0.29, 0.717) is 0 Å². The highest BCUT2D eigenvalue weighted by Gasteiger charge is 2.26. The molecule has 3 heterocycles. The Morgan fingerprint density at radius 3 is 2.82 bits per heavy atom. The van der Waals surface area contributed by atoms with E-state index in [1.807, 2.05) is 0 Å². The Morgan fingerprint density at radius 2 is 1.91 bits per heavy atom. The number of hydrogen-bond donors (Lipinski definition) is 0. The number of rotatable bonds is 0. The van der Waals surface area contributed by atoms with Gasteiger partial charge in [-0.25, -0.2) is 0 Å². The van der Waals surface area contributed by atoms with E-state index >= 15 is 0 Å². The molecule has 0 spiro atoms. The van der Waals surface area contributed by atoms with Gasteiger partial charge in [-0.15, -0.1) is 0 Å².